The number of fused-ring (bicyclic) bond motifs is 1. The summed E-state index contributed by atoms with van der Waals surface area (Å²) in [5.74, 6) is -0.592. The summed E-state index contributed by atoms with van der Waals surface area (Å²) in [6.07, 6.45) is 1.70. The molecule has 1 atom stereocenters. The molecule has 7 heteroatoms. The Morgan fingerprint density at radius 3 is 2.52 bits per heavy atom. The summed E-state index contributed by atoms with van der Waals surface area (Å²) in [4.78, 5) is 44.5. The molecule has 0 saturated heterocycles. The van der Waals surface area contributed by atoms with Gasteiger partial charge in [0.15, 0.2) is 5.65 Å². The number of H-pyrrole nitrogens is 1. The number of rotatable bonds is 4. The Morgan fingerprint density at radius 2 is 1.85 bits per heavy atom. The first-order valence-corrected chi connectivity index (χ1v) is 8.62. The van der Waals surface area contributed by atoms with Crippen molar-refractivity contribution in [2.45, 2.75) is 38.8 Å². The quantitative estimate of drug-likeness (QED) is 0.564. The molecule has 0 bridgehead atoms. The molecule has 2 heterocycles. The van der Waals surface area contributed by atoms with Gasteiger partial charge in [0.1, 0.15) is 11.6 Å². The van der Waals surface area contributed by atoms with Crippen LogP contribution < -0.4 is 11.1 Å². The molecule has 3 aromatic rings. The van der Waals surface area contributed by atoms with Gasteiger partial charge >= 0.3 is 17.1 Å². The van der Waals surface area contributed by atoms with E-state index in [0.717, 1.165) is 10.1 Å². The van der Waals surface area contributed by atoms with Gasteiger partial charge < -0.3 is 9.72 Å². The van der Waals surface area contributed by atoms with Gasteiger partial charge in [-0.25, -0.2) is 9.78 Å². The second kappa shape index (κ2) is 7.19. The lowest BCUT2D eigenvalue weighted by Gasteiger charge is -2.25. The molecule has 0 aliphatic heterocycles. The molecule has 0 spiro atoms. The summed E-state index contributed by atoms with van der Waals surface area (Å²) in [5.41, 5.74) is -0.938. The van der Waals surface area contributed by atoms with Gasteiger partial charge in [-0.15, -0.1) is 0 Å². The van der Waals surface area contributed by atoms with Crippen LogP contribution in [-0.2, 0) is 16.0 Å². The minimum atomic E-state index is -1.01. The molecule has 7 nitrogen and oxygen atoms in total. The van der Waals surface area contributed by atoms with E-state index in [2.05, 4.69) is 9.97 Å². The minimum absolute atomic E-state index is 0.199. The number of esters is 1. The Labute approximate surface area is 155 Å². The maximum atomic E-state index is 12.9. The second-order valence-corrected chi connectivity index (χ2v) is 7.24. The number of nitrogens with zero attached hydrogens (tertiary/aromatic N) is 2. The number of benzene rings is 1. The summed E-state index contributed by atoms with van der Waals surface area (Å²) >= 11 is 0. The molecule has 1 aromatic carbocycles. The van der Waals surface area contributed by atoms with E-state index in [1.165, 1.54) is 6.20 Å². The number of aromatic amines is 1. The summed E-state index contributed by atoms with van der Waals surface area (Å²) in [6, 6.07) is 11.5. The van der Waals surface area contributed by atoms with Crippen molar-refractivity contribution in [3.63, 3.8) is 0 Å². The molecule has 0 radical (unpaired) electrons. The van der Waals surface area contributed by atoms with Crippen LogP contribution in [0.1, 0.15) is 32.4 Å². The average Bonchev–Trinajstić information content (AvgIpc) is 2.61. The highest BCUT2D eigenvalue weighted by molar-refractivity contribution is 5.78. The largest absolute Gasteiger partial charge is 0.458 e. The van der Waals surface area contributed by atoms with E-state index < -0.39 is 28.7 Å². The van der Waals surface area contributed by atoms with Crippen LogP contribution in [0.4, 0.5) is 0 Å². The van der Waals surface area contributed by atoms with Crippen molar-refractivity contribution < 1.29 is 9.53 Å². The predicted octanol–water partition coefficient (Wildman–Crippen LogP) is 2.21. The minimum Gasteiger partial charge on any atom is -0.458 e. The average molecular weight is 367 g/mol. The normalized spacial score (nSPS) is 12.7. The van der Waals surface area contributed by atoms with Crippen molar-refractivity contribution in [3.8, 4) is 0 Å². The van der Waals surface area contributed by atoms with E-state index in [1.807, 2.05) is 30.3 Å². The van der Waals surface area contributed by atoms with Gasteiger partial charge in [-0.1, -0.05) is 30.3 Å². The lowest BCUT2D eigenvalue weighted by molar-refractivity contribution is -0.159. The third-order valence-electron chi connectivity index (χ3n) is 3.94. The number of aromatic nitrogens is 3. The van der Waals surface area contributed by atoms with Crippen LogP contribution in [-0.4, -0.2) is 26.1 Å². The molecule has 1 N–H and O–H groups in total. The Kier molecular flexibility index (Phi) is 4.94. The third-order valence-corrected chi connectivity index (χ3v) is 3.94. The fourth-order valence-corrected chi connectivity index (χ4v) is 2.84. The molecule has 3 rings (SSSR count). The van der Waals surface area contributed by atoms with Crippen LogP contribution in [0.2, 0.25) is 0 Å². The van der Waals surface area contributed by atoms with E-state index in [9.17, 15) is 14.4 Å². The lowest BCUT2D eigenvalue weighted by Crippen LogP contribution is -2.43. The van der Waals surface area contributed by atoms with Gasteiger partial charge in [0.05, 0.1) is 5.52 Å². The molecule has 0 saturated carbocycles. The highest BCUT2D eigenvalue weighted by atomic mass is 16.6. The van der Waals surface area contributed by atoms with Crippen LogP contribution in [0, 0.1) is 0 Å². The SMILES string of the molecule is CC(C)(C)OC(=O)C(Cc1ccccc1)n1c(=O)c(=O)[nH]c2cccnc21. The van der Waals surface area contributed by atoms with Crippen LogP contribution in [0.3, 0.4) is 0 Å². The number of hydrogen-bond donors (Lipinski definition) is 1. The van der Waals surface area contributed by atoms with Crippen molar-refractivity contribution in [1.82, 2.24) is 14.5 Å². The van der Waals surface area contributed by atoms with E-state index >= 15 is 0 Å². The van der Waals surface area contributed by atoms with Gasteiger partial charge in [-0.3, -0.25) is 14.2 Å². The molecular weight excluding hydrogens is 346 g/mol. The summed E-state index contributed by atoms with van der Waals surface area (Å²) < 4.78 is 6.67. The zero-order valence-electron chi connectivity index (χ0n) is 15.4. The topological polar surface area (TPSA) is 94.0 Å². The zero-order chi connectivity index (χ0) is 19.6. The first-order valence-electron chi connectivity index (χ1n) is 8.62. The Bertz CT molecular complexity index is 1080. The monoisotopic (exact) mass is 367 g/mol. The Hall–Kier alpha value is -3.22. The van der Waals surface area contributed by atoms with E-state index in [0.29, 0.717) is 5.52 Å². The van der Waals surface area contributed by atoms with E-state index in [4.69, 9.17) is 4.74 Å². The Morgan fingerprint density at radius 1 is 1.15 bits per heavy atom. The van der Waals surface area contributed by atoms with E-state index in [1.54, 1.807) is 32.9 Å². The van der Waals surface area contributed by atoms with Crippen LogP contribution in [0.15, 0.2) is 58.3 Å². The molecule has 140 valence electrons. The number of carbonyl (C=O) groups excluding carboxylic acids is 1. The smallest absolute Gasteiger partial charge is 0.330 e. The number of ether oxygens (including phenoxy) is 1. The molecular formula is C20H21N3O4. The maximum absolute atomic E-state index is 12.9. The highest BCUT2D eigenvalue weighted by Crippen LogP contribution is 2.21. The highest BCUT2D eigenvalue weighted by Gasteiger charge is 2.30. The molecule has 0 aliphatic carbocycles. The molecule has 0 aliphatic rings. The van der Waals surface area contributed by atoms with Gasteiger partial charge in [-0.05, 0) is 38.5 Å². The summed E-state index contributed by atoms with van der Waals surface area (Å²) in [5, 5.41) is 0. The molecule has 27 heavy (non-hydrogen) atoms. The van der Waals surface area contributed by atoms with Crippen molar-refractivity contribution >= 4 is 17.1 Å². The standard InChI is InChI=1S/C20H21N3O4/c1-20(2,3)27-19(26)15(12-13-8-5-4-6-9-13)23-16-14(10-7-11-21-16)22-17(24)18(23)25/h4-11,15H,12H2,1-3H3,(H,22,24). The first kappa shape index (κ1) is 18.6. The first-order chi connectivity index (χ1) is 12.8. The summed E-state index contributed by atoms with van der Waals surface area (Å²) in [7, 11) is 0. The van der Waals surface area contributed by atoms with Gasteiger partial charge in [0.25, 0.3) is 0 Å². The maximum Gasteiger partial charge on any atom is 0.330 e. The van der Waals surface area contributed by atoms with E-state index in [-0.39, 0.29) is 12.1 Å². The molecule has 1 unspecified atom stereocenters. The van der Waals surface area contributed by atoms with Crippen molar-refractivity contribution in [2.75, 3.05) is 0 Å². The lowest BCUT2D eigenvalue weighted by atomic mass is 10.0. The predicted molar refractivity (Wildman–Crippen MR) is 102 cm³/mol. The number of hydrogen-bond acceptors (Lipinski definition) is 5. The third kappa shape index (κ3) is 4.13. The van der Waals surface area contributed by atoms with Crippen molar-refractivity contribution in [3.05, 3.63) is 74.9 Å². The van der Waals surface area contributed by atoms with Crippen LogP contribution in [0.25, 0.3) is 11.2 Å². The molecule has 0 fully saturated rings. The number of nitrogens with one attached hydrogen (secondary N) is 1. The van der Waals surface area contributed by atoms with Crippen molar-refractivity contribution in [1.29, 1.82) is 0 Å². The molecule has 0 amide bonds. The van der Waals surface area contributed by atoms with Gasteiger partial charge in [0, 0.05) is 12.6 Å². The number of carbonyl (C=O) groups is 1. The second-order valence-electron chi connectivity index (χ2n) is 7.24. The van der Waals surface area contributed by atoms with Crippen molar-refractivity contribution in [2.24, 2.45) is 0 Å². The molecule has 2 aromatic heterocycles. The Balaban J connectivity index is 2.20. The van der Waals surface area contributed by atoms with Gasteiger partial charge in [-0.2, -0.15) is 0 Å². The summed E-state index contributed by atoms with van der Waals surface area (Å²) in [6.45, 7) is 5.25. The van der Waals surface area contributed by atoms with Gasteiger partial charge in [0.2, 0.25) is 0 Å². The fraction of sp³-hybridized carbons (Fsp3) is 0.300. The fourth-order valence-electron chi connectivity index (χ4n) is 2.84. The zero-order valence-corrected chi connectivity index (χ0v) is 15.4. The number of pyridine rings is 1. The van der Waals surface area contributed by atoms with Crippen LogP contribution >= 0.6 is 0 Å². The van der Waals surface area contributed by atoms with Crippen LogP contribution in [0.5, 0.6) is 0 Å².